The highest BCUT2D eigenvalue weighted by molar-refractivity contribution is 7.08. The van der Waals surface area contributed by atoms with Gasteiger partial charge in [0.05, 0.1) is 16.6 Å². The highest BCUT2D eigenvalue weighted by Gasteiger charge is 2.23. The van der Waals surface area contributed by atoms with Gasteiger partial charge in [0.25, 0.3) is 5.91 Å². The zero-order valence-electron chi connectivity index (χ0n) is 14.0. The van der Waals surface area contributed by atoms with Gasteiger partial charge in [-0.25, -0.2) is 0 Å². The number of nitrogens with one attached hydrogen (secondary N) is 1. The molecule has 1 aromatic heterocycles. The largest absolute Gasteiger partial charge is 0.350 e. The maximum Gasteiger partial charge on any atom is 0.252 e. The molecule has 1 unspecified atom stereocenters. The fourth-order valence-corrected chi connectivity index (χ4v) is 4.49. The third-order valence-electron chi connectivity index (χ3n) is 4.64. The average molecular weight is 397 g/mol. The van der Waals surface area contributed by atoms with E-state index in [4.69, 9.17) is 23.2 Å². The molecule has 0 saturated carbocycles. The van der Waals surface area contributed by atoms with Gasteiger partial charge in [-0.3, -0.25) is 9.69 Å². The molecule has 1 N–H and O–H groups in total. The molecule has 1 aromatic carbocycles. The number of benzene rings is 1. The Bertz CT molecular complexity index is 697. The zero-order chi connectivity index (χ0) is 17.6. The van der Waals surface area contributed by atoms with Crippen LogP contribution in [0.1, 0.15) is 47.6 Å². The van der Waals surface area contributed by atoms with Crippen molar-refractivity contribution in [1.29, 1.82) is 0 Å². The first-order chi connectivity index (χ1) is 12.1. The highest BCUT2D eigenvalue weighted by atomic mass is 35.5. The molecule has 25 heavy (non-hydrogen) atoms. The molecule has 0 spiro atoms. The van der Waals surface area contributed by atoms with E-state index in [0.717, 1.165) is 13.1 Å². The Kier molecular flexibility index (Phi) is 6.77. The molecule has 2 aromatic rings. The maximum atomic E-state index is 12.5. The Hall–Kier alpha value is -1.07. The van der Waals surface area contributed by atoms with Crippen LogP contribution in [0.5, 0.6) is 0 Å². The third-order valence-corrected chi connectivity index (χ3v) is 5.89. The van der Waals surface area contributed by atoms with E-state index in [1.165, 1.54) is 31.2 Å². The number of rotatable bonds is 5. The summed E-state index contributed by atoms with van der Waals surface area (Å²) in [4.78, 5) is 15.0. The van der Waals surface area contributed by atoms with Crippen molar-refractivity contribution in [2.24, 2.45) is 0 Å². The molecule has 1 aliphatic heterocycles. The van der Waals surface area contributed by atoms with Crippen LogP contribution in [-0.2, 0) is 0 Å². The van der Waals surface area contributed by atoms with Crippen molar-refractivity contribution in [3.63, 3.8) is 0 Å². The van der Waals surface area contributed by atoms with E-state index in [1.807, 2.05) is 0 Å². The summed E-state index contributed by atoms with van der Waals surface area (Å²) in [6, 6.07) is 7.32. The van der Waals surface area contributed by atoms with Crippen LogP contribution in [0, 0.1) is 0 Å². The fraction of sp³-hybridized carbons (Fsp3) is 0.421. The first-order valence-electron chi connectivity index (χ1n) is 8.64. The maximum absolute atomic E-state index is 12.5. The minimum Gasteiger partial charge on any atom is -0.350 e. The first-order valence-corrected chi connectivity index (χ1v) is 10.3. The van der Waals surface area contributed by atoms with Crippen LogP contribution < -0.4 is 5.32 Å². The van der Waals surface area contributed by atoms with Gasteiger partial charge in [-0.2, -0.15) is 11.3 Å². The van der Waals surface area contributed by atoms with Gasteiger partial charge in [0, 0.05) is 11.6 Å². The van der Waals surface area contributed by atoms with Crippen LogP contribution in [0.3, 0.4) is 0 Å². The van der Waals surface area contributed by atoms with E-state index in [1.54, 1.807) is 29.5 Å². The molecule has 1 saturated heterocycles. The van der Waals surface area contributed by atoms with E-state index >= 15 is 0 Å². The fourth-order valence-electron chi connectivity index (χ4n) is 3.29. The molecule has 1 atom stereocenters. The molecule has 1 fully saturated rings. The van der Waals surface area contributed by atoms with E-state index in [0.29, 0.717) is 22.2 Å². The summed E-state index contributed by atoms with van der Waals surface area (Å²) in [5.74, 6) is -0.156. The average Bonchev–Trinajstić information content (AvgIpc) is 2.98. The SMILES string of the molecule is O=C(NCC(c1ccsc1)N1CCCCCC1)c1ccc(Cl)cc1Cl. The molecule has 3 nitrogen and oxygen atoms in total. The van der Waals surface area contributed by atoms with Gasteiger partial charge >= 0.3 is 0 Å². The lowest BCUT2D eigenvalue weighted by atomic mass is 10.1. The van der Waals surface area contributed by atoms with Crippen LogP contribution in [0.2, 0.25) is 10.0 Å². The molecule has 2 heterocycles. The van der Waals surface area contributed by atoms with Crippen LogP contribution in [0.15, 0.2) is 35.0 Å². The molecule has 0 aliphatic carbocycles. The predicted molar refractivity (Wildman–Crippen MR) is 106 cm³/mol. The van der Waals surface area contributed by atoms with Gasteiger partial charge in [0.15, 0.2) is 0 Å². The lowest BCUT2D eigenvalue weighted by Crippen LogP contribution is -2.38. The molecule has 3 rings (SSSR count). The van der Waals surface area contributed by atoms with E-state index < -0.39 is 0 Å². The summed E-state index contributed by atoms with van der Waals surface area (Å²) >= 11 is 13.8. The highest BCUT2D eigenvalue weighted by Crippen LogP contribution is 2.26. The Balaban J connectivity index is 1.70. The molecular formula is C19H22Cl2N2OS. The Labute approximate surface area is 162 Å². The van der Waals surface area contributed by atoms with Crippen LogP contribution in [0.4, 0.5) is 0 Å². The summed E-state index contributed by atoms with van der Waals surface area (Å²) in [7, 11) is 0. The van der Waals surface area contributed by atoms with Crippen LogP contribution >= 0.6 is 34.5 Å². The number of hydrogen-bond acceptors (Lipinski definition) is 3. The second-order valence-electron chi connectivity index (χ2n) is 6.36. The summed E-state index contributed by atoms with van der Waals surface area (Å²) in [6.45, 7) is 2.74. The number of halogens is 2. The molecule has 0 radical (unpaired) electrons. The summed E-state index contributed by atoms with van der Waals surface area (Å²) in [5.41, 5.74) is 1.74. The van der Waals surface area contributed by atoms with Gasteiger partial charge in [-0.15, -0.1) is 0 Å². The Morgan fingerprint density at radius 2 is 1.92 bits per heavy atom. The summed E-state index contributed by atoms with van der Waals surface area (Å²) in [5, 5.41) is 8.25. The molecule has 0 bridgehead atoms. The van der Waals surface area contributed by atoms with Gasteiger partial charge in [-0.1, -0.05) is 36.0 Å². The van der Waals surface area contributed by atoms with Gasteiger partial charge < -0.3 is 5.32 Å². The van der Waals surface area contributed by atoms with Crippen molar-refractivity contribution in [2.75, 3.05) is 19.6 Å². The third kappa shape index (κ3) is 4.98. The zero-order valence-corrected chi connectivity index (χ0v) is 16.3. The minimum absolute atomic E-state index is 0.156. The molecular weight excluding hydrogens is 375 g/mol. The lowest BCUT2D eigenvalue weighted by Gasteiger charge is -2.30. The Morgan fingerprint density at radius 1 is 1.16 bits per heavy atom. The smallest absolute Gasteiger partial charge is 0.252 e. The topological polar surface area (TPSA) is 32.3 Å². The second kappa shape index (κ2) is 9.04. The number of hydrogen-bond donors (Lipinski definition) is 1. The quantitative estimate of drug-likeness (QED) is 0.733. The first kappa shape index (κ1) is 18.7. The minimum atomic E-state index is -0.156. The van der Waals surface area contributed by atoms with Gasteiger partial charge in [0.2, 0.25) is 0 Å². The standard InChI is InChI=1S/C19H22Cl2N2OS/c20-15-5-6-16(17(21)11-15)19(24)22-12-18(14-7-10-25-13-14)23-8-3-1-2-4-9-23/h5-7,10-11,13,18H,1-4,8-9,12H2,(H,22,24). The number of carbonyl (C=O) groups excluding carboxylic acids is 1. The molecule has 1 aliphatic rings. The second-order valence-corrected chi connectivity index (χ2v) is 7.98. The van der Waals surface area contributed by atoms with E-state index in [2.05, 4.69) is 27.0 Å². The van der Waals surface area contributed by atoms with Crippen LogP contribution in [0.25, 0.3) is 0 Å². The van der Waals surface area contributed by atoms with Gasteiger partial charge in [0.1, 0.15) is 0 Å². The summed E-state index contributed by atoms with van der Waals surface area (Å²) < 4.78 is 0. The number of thiophene rings is 1. The van der Waals surface area contributed by atoms with Crippen molar-refractivity contribution in [3.05, 3.63) is 56.2 Å². The van der Waals surface area contributed by atoms with Crippen molar-refractivity contribution in [2.45, 2.75) is 31.7 Å². The Morgan fingerprint density at radius 3 is 2.56 bits per heavy atom. The molecule has 1 amide bonds. The molecule has 6 heteroatoms. The van der Waals surface area contributed by atoms with Crippen molar-refractivity contribution >= 4 is 40.4 Å². The molecule has 134 valence electrons. The van der Waals surface area contributed by atoms with E-state index in [9.17, 15) is 4.79 Å². The van der Waals surface area contributed by atoms with Crippen molar-refractivity contribution in [1.82, 2.24) is 10.2 Å². The number of likely N-dealkylation sites (tertiary alicyclic amines) is 1. The summed E-state index contributed by atoms with van der Waals surface area (Å²) in [6.07, 6.45) is 5.02. The number of carbonyl (C=O) groups is 1. The number of nitrogens with zero attached hydrogens (tertiary/aromatic N) is 1. The van der Waals surface area contributed by atoms with Crippen molar-refractivity contribution < 1.29 is 4.79 Å². The van der Waals surface area contributed by atoms with E-state index in [-0.39, 0.29) is 11.9 Å². The number of amides is 1. The lowest BCUT2D eigenvalue weighted by molar-refractivity contribution is 0.0933. The monoisotopic (exact) mass is 396 g/mol. The van der Waals surface area contributed by atoms with Crippen molar-refractivity contribution in [3.8, 4) is 0 Å². The predicted octanol–water partition coefficient (Wildman–Crippen LogP) is 5.40. The van der Waals surface area contributed by atoms with Crippen LogP contribution in [-0.4, -0.2) is 30.4 Å². The van der Waals surface area contributed by atoms with Gasteiger partial charge in [-0.05, 0) is 66.5 Å². The normalized spacial score (nSPS) is 17.0.